The van der Waals surface area contributed by atoms with Gasteiger partial charge < -0.3 is 19.8 Å². The highest BCUT2D eigenvalue weighted by atomic mass is 16.5. The van der Waals surface area contributed by atoms with Crippen molar-refractivity contribution in [1.82, 2.24) is 9.55 Å². The van der Waals surface area contributed by atoms with Crippen LogP contribution < -0.4 is 21.2 Å². The Balaban J connectivity index is 2.08. The van der Waals surface area contributed by atoms with Crippen LogP contribution in [0.15, 0.2) is 41.7 Å². The molecule has 0 radical (unpaired) electrons. The predicted molar refractivity (Wildman–Crippen MR) is 122 cm³/mol. The highest BCUT2D eigenvalue weighted by Crippen LogP contribution is 2.21. The van der Waals surface area contributed by atoms with Gasteiger partial charge in [-0.3, -0.25) is 0 Å². The lowest BCUT2D eigenvalue weighted by atomic mass is 10.1. The normalized spacial score (nSPS) is 16.6. The Bertz CT molecular complexity index is 1110. The summed E-state index contributed by atoms with van der Waals surface area (Å²) in [6.45, 7) is 2.69. The molecule has 2 heterocycles. The molecular weight excluding hydrogens is 392 g/mol. The topological polar surface area (TPSA) is 91.7 Å². The first-order valence-corrected chi connectivity index (χ1v) is 10.6. The lowest BCUT2D eigenvalue weighted by molar-refractivity contribution is 0.0600. The third-order valence-electron chi connectivity index (χ3n) is 5.16. The predicted octanol–water partition coefficient (Wildman–Crippen LogP) is 2.51. The summed E-state index contributed by atoms with van der Waals surface area (Å²) in [7, 11) is 2.95. The molecule has 0 fully saturated rings. The van der Waals surface area contributed by atoms with Crippen LogP contribution in [0.25, 0.3) is 11.8 Å². The van der Waals surface area contributed by atoms with E-state index in [1.165, 1.54) is 7.11 Å². The highest BCUT2D eigenvalue weighted by Gasteiger charge is 2.13. The molecule has 164 valence electrons. The smallest absolute Gasteiger partial charge is 0.337 e. The zero-order chi connectivity index (χ0) is 22.2. The van der Waals surface area contributed by atoms with E-state index in [1.54, 1.807) is 19.2 Å². The minimum absolute atomic E-state index is 0.398. The average Bonchev–Trinajstić information content (AvgIpc) is 3.15. The maximum Gasteiger partial charge on any atom is 0.337 e. The summed E-state index contributed by atoms with van der Waals surface area (Å²) in [4.78, 5) is 21.2. The molecule has 0 saturated heterocycles. The zero-order valence-corrected chi connectivity index (χ0v) is 18.4. The van der Waals surface area contributed by atoms with E-state index in [0.29, 0.717) is 30.1 Å². The van der Waals surface area contributed by atoms with Gasteiger partial charge in [-0.05, 0) is 31.1 Å². The number of ether oxygens (including phenoxy) is 2. The van der Waals surface area contributed by atoms with Crippen LogP contribution in [0.4, 0.5) is 0 Å². The molecule has 1 aliphatic heterocycles. The first-order valence-electron chi connectivity index (χ1n) is 10.6. The number of unbranched alkanes of at least 4 members (excludes halogenated alkanes) is 2. The van der Waals surface area contributed by atoms with E-state index in [0.717, 1.165) is 47.6 Å². The zero-order valence-electron chi connectivity index (χ0n) is 18.4. The van der Waals surface area contributed by atoms with E-state index in [-0.39, 0.29) is 0 Å². The number of carbonyl (C=O) groups excluding carboxylic acids is 1. The van der Waals surface area contributed by atoms with Crippen LogP contribution in [0, 0.1) is 0 Å². The number of benzene rings is 1. The van der Waals surface area contributed by atoms with Gasteiger partial charge in [-0.15, -0.1) is 0 Å². The fourth-order valence-corrected chi connectivity index (χ4v) is 3.50. The van der Waals surface area contributed by atoms with Crippen molar-refractivity contribution in [3.63, 3.8) is 0 Å². The maximum atomic E-state index is 11.9. The summed E-state index contributed by atoms with van der Waals surface area (Å²) in [5, 5.41) is 1.83. The number of hydrogen-bond donors (Lipinski definition) is 1. The number of carbonyl (C=O) groups is 1. The summed E-state index contributed by atoms with van der Waals surface area (Å²) < 4.78 is 12.4. The number of aliphatic imine (C=N–C) groups is 1. The van der Waals surface area contributed by atoms with E-state index < -0.39 is 5.97 Å². The van der Waals surface area contributed by atoms with Gasteiger partial charge in [0.2, 0.25) is 0 Å². The Morgan fingerprint density at radius 1 is 1.32 bits per heavy atom. The van der Waals surface area contributed by atoms with Gasteiger partial charge in [0.1, 0.15) is 5.75 Å². The molecule has 0 unspecified atom stereocenters. The minimum atomic E-state index is -0.398. The second-order valence-electron chi connectivity index (χ2n) is 7.40. The van der Waals surface area contributed by atoms with Crippen molar-refractivity contribution in [3.8, 4) is 5.75 Å². The molecule has 2 aromatic rings. The van der Waals surface area contributed by atoms with Crippen LogP contribution in [0.1, 0.15) is 54.9 Å². The second-order valence-corrected chi connectivity index (χ2v) is 7.40. The molecular formula is C24H30N4O3. The van der Waals surface area contributed by atoms with E-state index in [9.17, 15) is 4.79 Å². The molecule has 7 nitrogen and oxygen atoms in total. The van der Waals surface area contributed by atoms with Crippen molar-refractivity contribution in [2.45, 2.75) is 45.6 Å². The molecule has 0 bridgehead atoms. The van der Waals surface area contributed by atoms with E-state index in [2.05, 4.69) is 24.1 Å². The van der Waals surface area contributed by atoms with Crippen LogP contribution in [-0.2, 0) is 11.3 Å². The molecule has 0 spiro atoms. The SMILES string of the molecule is CCCC/C=C/C1=c2/c(ncn2Cc2ccc(C(=O)OC)cc2OC)=C\CCC(N)=N1. The first kappa shape index (κ1) is 22.3. The monoisotopic (exact) mass is 422 g/mol. The molecule has 0 saturated carbocycles. The van der Waals surface area contributed by atoms with Gasteiger partial charge in [0.05, 0.1) is 54.9 Å². The number of nitrogens with zero attached hydrogens (tertiary/aromatic N) is 3. The second kappa shape index (κ2) is 10.6. The standard InChI is InChI=1S/C24H30N4O3/c1-4-5-6-7-9-20-23-19(10-8-11-22(25)27-20)26-16-28(23)15-18-13-12-17(24(29)31-3)14-21(18)30-2/h7,9-10,12-14,16H,4-6,8,11,15H2,1-3H3,(H2,25,27)/b9-7+,19-10+,23-20+. The van der Waals surface area contributed by atoms with Crippen molar-refractivity contribution in [3.05, 3.63) is 58.5 Å². The summed E-state index contributed by atoms with van der Waals surface area (Å²) in [6, 6.07) is 5.31. The summed E-state index contributed by atoms with van der Waals surface area (Å²) in [6.07, 6.45) is 12.9. The molecule has 0 aliphatic carbocycles. The Hall–Kier alpha value is -3.35. The van der Waals surface area contributed by atoms with Gasteiger partial charge in [-0.1, -0.05) is 38.0 Å². The Morgan fingerprint density at radius 3 is 2.90 bits per heavy atom. The highest BCUT2D eigenvalue weighted by molar-refractivity contribution is 5.90. The largest absolute Gasteiger partial charge is 0.496 e. The van der Waals surface area contributed by atoms with Crippen LogP contribution in [-0.4, -0.2) is 35.6 Å². The lowest BCUT2D eigenvalue weighted by Crippen LogP contribution is -2.34. The number of amidine groups is 1. The Morgan fingerprint density at radius 2 is 2.16 bits per heavy atom. The van der Waals surface area contributed by atoms with Gasteiger partial charge in [0.15, 0.2) is 0 Å². The number of aromatic nitrogens is 2. The summed E-state index contributed by atoms with van der Waals surface area (Å²) >= 11 is 0. The fraction of sp³-hybridized carbons (Fsp3) is 0.375. The maximum absolute atomic E-state index is 11.9. The van der Waals surface area contributed by atoms with Crippen molar-refractivity contribution >= 4 is 23.6 Å². The molecule has 31 heavy (non-hydrogen) atoms. The molecule has 1 aromatic heterocycles. The molecule has 1 aromatic carbocycles. The third kappa shape index (κ3) is 5.42. The van der Waals surface area contributed by atoms with Gasteiger partial charge in [-0.2, -0.15) is 0 Å². The molecule has 7 heteroatoms. The molecule has 0 atom stereocenters. The average molecular weight is 423 g/mol. The summed E-state index contributed by atoms with van der Waals surface area (Å²) in [5.74, 6) is 0.831. The van der Waals surface area contributed by atoms with E-state index >= 15 is 0 Å². The van der Waals surface area contributed by atoms with Crippen molar-refractivity contribution in [2.24, 2.45) is 10.7 Å². The third-order valence-corrected chi connectivity index (χ3v) is 5.16. The van der Waals surface area contributed by atoms with Crippen molar-refractivity contribution in [2.75, 3.05) is 14.2 Å². The van der Waals surface area contributed by atoms with E-state index in [1.807, 2.05) is 23.0 Å². The number of fused-ring (bicyclic) bond motifs is 1. The number of hydrogen-bond acceptors (Lipinski definition) is 6. The van der Waals surface area contributed by atoms with Gasteiger partial charge in [0, 0.05) is 12.0 Å². The summed E-state index contributed by atoms with van der Waals surface area (Å²) in [5.41, 5.74) is 8.31. The minimum Gasteiger partial charge on any atom is -0.496 e. The number of allylic oxidation sites excluding steroid dienone is 1. The first-order chi connectivity index (χ1) is 15.1. The molecule has 1 aliphatic rings. The van der Waals surface area contributed by atoms with Gasteiger partial charge >= 0.3 is 5.97 Å². The molecule has 0 amide bonds. The van der Waals surface area contributed by atoms with Crippen LogP contribution in [0.2, 0.25) is 0 Å². The number of nitrogens with two attached hydrogens (primary N) is 1. The van der Waals surface area contributed by atoms with Crippen LogP contribution >= 0.6 is 0 Å². The lowest BCUT2D eigenvalue weighted by Gasteiger charge is -2.12. The Kier molecular flexibility index (Phi) is 7.65. The number of imidazole rings is 1. The van der Waals surface area contributed by atoms with Crippen molar-refractivity contribution in [1.29, 1.82) is 0 Å². The molecule has 2 N–H and O–H groups in total. The Labute approximate surface area is 182 Å². The number of rotatable bonds is 8. The van der Waals surface area contributed by atoms with Crippen LogP contribution in [0.3, 0.4) is 0 Å². The number of methoxy groups -OCH3 is 2. The van der Waals surface area contributed by atoms with Gasteiger partial charge in [-0.25, -0.2) is 14.8 Å². The van der Waals surface area contributed by atoms with Gasteiger partial charge in [0.25, 0.3) is 0 Å². The van der Waals surface area contributed by atoms with Crippen LogP contribution in [0.5, 0.6) is 5.75 Å². The number of esters is 1. The van der Waals surface area contributed by atoms with Crippen molar-refractivity contribution < 1.29 is 14.3 Å². The molecule has 3 rings (SSSR count). The van der Waals surface area contributed by atoms with E-state index in [4.69, 9.17) is 20.2 Å². The quantitative estimate of drug-likeness (QED) is 0.521. The fourth-order valence-electron chi connectivity index (χ4n) is 3.50.